The van der Waals surface area contributed by atoms with E-state index >= 15 is 0 Å². The van der Waals surface area contributed by atoms with Gasteiger partial charge in [0.25, 0.3) is 0 Å². The van der Waals surface area contributed by atoms with Crippen LogP contribution >= 0.6 is 12.4 Å². The Hall–Kier alpha value is -1.30. The second kappa shape index (κ2) is 8.79. The molecule has 1 heterocycles. The molecule has 1 atom stereocenters. The Morgan fingerprint density at radius 1 is 1.45 bits per heavy atom. The molecule has 20 heavy (non-hydrogen) atoms. The minimum atomic E-state index is -0.273. The largest absolute Gasteiger partial charge is 0.494 e. The molecular formula is C14H21ClN2O3. The van der Waals surface area contributed by atoms with Crippen molar-refractivity contribution in [2.45, 2.75) is 19.4 Å². The summed E-state index contributed by atoms with van der Waals surface area (Å²) in [6.07, 6.45) is 0.978. The summed E-state index contributed by atoms with van der Waals surface area (Å²) in [5.41, 5.74) is 0.765. The maximum absolute atomic E-state index is 11.9. The maximum Gasteiger partial charge on any atom is 0.243 e. The topological polar surface area (TPSA) is 59.6 Å². The third kappa shape index (κ3) is 5.00. The quantitative estimate of drug-likeness (QED) is 0.871. The van der Waals surface area contributed by atoms with Crippen LogP contribution in [0.2, 0.25) is 0 Å². The van der Waals surface area contributed by atoms with E-state index < -0.39 is 0 Å². The van der Waals surface area contributed by atoms with Crippen molar-refractivity contribution < 1.29 is 14.3 Å². The highest BCUT2D eigenvalue weighted by molar-refractivity contribution is 5.95. The number of nitrogens with one attached hydrogen (secondary N) is 2. The summed E-state index contributed by atoms with van der Waals surface area (Å²) in [6, 6.07) is 7.12. The van der Waals surface area contributed by atoms with Crippen LogP contribution in [-0.4, -0.2) is 38.3 Å². The zero-order valence-electron chi connectivity index (χ0n) is 11.6. The fraction of sp³-hybridized carbons (Fsp3) is 0.500. The minimum absolute atomic E-state index is 0. The Morgan fingerprint density at radius 2 is 2.20 bits per heavy atom. The van der Waals surface area contributed by atoms with Gasteiger partial charge in [0.1, 0.15) is 11.8 Å². The van der Waals surface area contributed by atoms with Crippen molar-refractivity contribution in [2.24, 2.45) is 0 Å². The number of amides is 1. The number of ether oxygens (including phenoxy) is 2. The van der Waals surface area contributed by atoms with Crippen molar-refractivity contribution in [1.82, 2.24) is 5.32 Å². The number of hydrogen-bond donors (Lipinski definition) is 2. The average molecular weight is 301 g/mol. The Bertz CT molecular complexity index is 405. The van der Waals surface area contributed by atoms with Gasteiger partial charge in [-0.1, -0.05) is 6.92 Å². The molecule has 1 saturated heterocycles. The molecule has 1 aliphatic rings. The van der Waals surface area contributed by atoms with Crippen LogP contribution in [0.3, 0.4) is 0 Å². The second-order valence-corrected chi connectivity index (χ2v) is 4.44. The molecule has 1 fully saturated rings. The smallest absolute Gasteiger partial charge is 0.243 e. The molecule has 2 N–H and O–H groups in total. The van der Waals surface area contributed by atoms with Gasteiger partial charge in [-0.25, -0.2) is 0 Å². The normalized spacial score (nSPS) is 17.9. The number of carbonyl (C=O) groups excluding carboxylic acids is 1. The van der Waals surface area contributed by atoms with Crippen molar-refractivity contribution >= 4 is 24.0 Å². The van der Waals surface area contributed by atoms with Crippen LogP contribution in [0, 0.1) is 0 Å². The van der Waals surface area contributed by atoms with Gasteiger partial charge in [-0.3, -0.25) is 4.79 Å². The van der Waals surface area contributed by atoms with E-state index in [0.717, 1.165) is 17.9 Å². The minimum Gasteiger partial charge on any atom is -0.494 e. The van der Waals surface area contributed by atoms with Crippen LogP contribution in [0.4, 0.5) is 5.69 Å². The molecule has 1 amide bonds. The van der Waals surface area contributed by atoms with Crippen molar-refractivity contribution in [3.63, 3.8) is 0 Å². The molecule has 1 aromatic carbocycles. The van der Waals surface area contributed by atoms with Gasteiger partial charge in [-0.05, 0) is 30.7 Å². The zero-order chi connectivity index (χ0) is 13.5. The van der Waals surface area contributed by atoms with Crippen molar-refractivity contribution in [3.05, 3.63) is 24.3 Å². The van der Waals surface area contributed by atoms with E-state index in [-0.39, 0.29) is 24.4 Å². The van der Waals surface area contributed by atoms with E-state index in [0.29, 0.717) is 26.4 Å². The third-order valence-electron chi connectivity index (χ3n) is 2.83. The summed E-state index contributed by atoms with van der Waals surface area (Å²) >= 11 is 0. The number of morpholine rings is 1. The van der Waals surface area contributed by atoms with E-state index in [2.05, 4.69) is 17.6 Å². The Kier molecular flexibility index (Phi) is 7.36. The second-order valence-electron chi connectivity index (χ2n) is 4.44. The number of hydrogen-bond acceptors (Lipinski definition) is 4. The molecule has 0 spiro atoms. The fourth-order valence-corrected chi connectivity index (χ4v) is 1.82. The van der Waals surface area contributed by atoms with Crippen molar-refractivity contribution in [1.29, 1.82) is 0 Å². The van der Waals surface area contributed by atoms with Gasteiger partial charge in [0.15, 0.2) is 0 Å². The number of carbonyl (C=O) groups is 1. The summed E-state index contributed by atoms with van der Waals surface area (Å²) in [5.74, 6) is 0.751. The van der Waals surface area contributed by atoms with E-state index in [1.165, 1.54) is 0 Å². The van der Waals surface area contributed by atoms with Crippen molar-refractivity contribution in [2.75, 3.05) is 31.7 Å². The van der Waals surface area contributed by atoms with Crippen molar-refractivity contribution in [3.8, 4) is 5.75 Å². The first-order valence-corrected chi connectivity index (χ1v) is 6.64. The van der Waals surface area contributed by atoms with Crippen LogP contribution in [0.1, 0.15) is 13.3 Å². The summed E-state index contributed by atoms with van der Waals surface area (Å²) in [5, 5.41) is 5.97. The maximum atomic E-state index is 11.9. The van der Waals surface area contributed by atoms with Gasteiger partial charge in [-0.15, -0.1) is 12.4 Å². The molecule has 112 valence electrons. The highest BCUT2D eigenvalue weighted by Gasteiger charge is 2.20. The van der Waals surface area contributed by atoms with Gasteiger partial charge >= 0.3 is 0 Å². The lowest BCUT2D eigenvalue weighted by Crippen LogP contribution is -2.48. The number of benzene rings is 1. The monoisotopic (exact) mass is 300 g/mol. The van der Waals surface area contributed by atoms with Crippen LogP contribution in [0.15, 0.2) is 24.3 Å². The fourth-order valence-electron chi connectivity index (χ4n) is 1.82. The molecule has 6 heteroatoms. The highest BCUT2D eigenvalue weighted by atomic mass is 35.5. The molecule has 2 rings (SSSR count). The predicted octanol–water partition coefficient (Wildman–Crippen LogP) is 1.82. The number of rotatable bonds is 5. The first-order valence-electron chi connectivity index (χ1n) is 6.64. The van der Waals surface area contributed by atoms with Crippen LogP contribution in [0.5, 0.6) is 5.75 Å². The first kappa shape index (κ1) is 16.8. The van der Waals surface area contributed by atoms with Gasteiger partial charge in [0.05, 0.1) is 19.8 Å². The Labute approximate surface area is 125 Å². The zero-order valence-corrected chi connectivity index (χ0v) is 12.4. The lowest BCUT2D eigenvalue weighted by Gasteiger charge is -2.22. The molecule has 1 unspecified atom stereocenters. The Morgan fingerprint density at radius 3 is 2.80 bits per heavy atom. The molecule has 1 aliphatic heterocycles. The van der Waals surface area contributed by atoms with E-state index in [9.17, 15) is 4.79 Å². The highest BCUT2D eigenvalue weighted by Crippen LogP contribution is 2.16. The van der Waals surface area contributed by atoms with Gasteiger partial charge in [-0.2, -0.15) is 0 Å². The van der Waals surface area contributed by atoms with E-state index in [4.69, 9.17) is 9.47 Å². The SMILES string of the molecule is CCCOc1ccc(NC(=O)C2COCCN2)cc1.Cl. The molecule has 0 aromatic heterocycles. The van der Waals surface area contributed by atoms with Crippen LogP contribution < -0.4 is 15.4 Å². The number of anilines is 1. The lowest BCUT2D eigenvalue weighted by molar-refractivity contribution is -0.120. The molecule has 5 nitrogen and oxygen atoms in total. The molecule has 0 bridgehead atoms. The summed E-state index contributed by atoms with van der Waals surface area (Å²) in [4.78, 5) is 11.9. The summed E-state index contributed by atoms with van der Waals surface area (Å²) in [6.45, 7) is 4.56. The molecule has 0 saturated carbocycles. The third-order valence-corrected chi connectivity index (χ3v) is 2.83. The standard InChI is InChI=1S/C14H20N2O3.ClH/c1-2-8-19-12-5-3-11(4-6-12)16-14(17)13-10-18-9-7-15-13;/h3-6,13,15H,2,7-10H2,1H3,(H,16,17);1H. The molecule has 0 radical (unpaired) electrons. The molecule has 1 aromatic rings. The molecule has 0 aliphatic carbocycles. The first-order chi connectivity index (χ1) is 9.29. The molecular weight excluding hydrogens is 280 g/mol. The van der Waals surface area contributed by atoms with E-state index in [1.54, 1.807) is 0 Å². The van der Waals surface area contributed by atoms with Gasteiger partial charge in [0.2, 0.25) is 5.91 Å². The lowest BCUT2D eigenvalue weighted by atomic mass is 10.2. The Balaban J connectivity index is 0.00000200. The summed E-state index contributed by atoms with van der Waals surface area (Å²) in [7, 11) is 0. The predicted molar refractivity (Wildman–Crippen MR) is 80.7 cm³/mol. The van der Waals surface area contributed by atoms with Crippen LogP contribution in [0.25, 0.3) is 0 Å². The van der Waals surface area contributed by atoms with E-state index in [1.807, 2.05) is 24.3 Å². The average Bonchev–Trinajstić information content (AvgIpc) is 2.47. The summed E-state index contributed by atoms with van der Waals surface area (Å²) < 4.78 is 10.7. The van der Waals surface area contributed by atoms with Gasteiger partial charge in [0, 0.05) is 12.2 Å². The van der Waals surface area contributed by atoms with Gasteiger partial charge < -0.3 is 20.1 Å². The van der Waals surface area contributed by atoms with Crippen LogP contribution in [-0.2, 0) is 9.53 Å². The number of halogens is 1.